The maximum absolute atomic E-state index is 13.2. The minimum absolute atomic E-state index is 0.0000384. The second-order valence-electron chi connectivity index (χ2n) is 9.86. The Morgan fingerprint density at radius 1 is 1.09 bits per heavy atom. The minimum Gasteiger partial charge on any atom is -0.482 e. The van der Waals surface area contributed by atoms with Gasteiger partial charge < -0.3 is 19.3 Å². The lowest BCUT2D eigenvalue weighted by molar-refractivity contribution is -0.121. The zero-order valence-corrected chi connectivity index (χ0v) is 20.3. The van der Waals surface area contributed by atoms with Crippen molar-refractivity contribution in [1.82, 2.24) is 4.90 Å². The molecule has 0 aliphatic carbocycles. The average Bonchev–Trinajstić information content (AvgIpc) is 2.79. The molecule has 33 heavy (non-hydrogen) atoms. The highest BCUT2D eigenvalue weighted by Gasteiger charge is 2.30. The van der Waals surface area contributed by atoms with Crippen LogP contribution in [0.3, 0.4) is 0 Å². The molecule has 2 aliphatic rings. The van der Waals surface area contributed by atoms with Crippen molar-refractivity contribution in [2.24, 2.45) is 0 Å². The van der Waals surface area contributed by atoms with Gasteiger partial charge >= 0.3 is 0 Å². The largest absolute Gasteiger partial charge is 0.482 e. The number of carbonyl (C=O) groups excluding carboxylic acids is 2. The minimum atomic E-state index is -0.0819. The van der Waals surface area contributed by atoms with Crippen molar-refractivity contribution in [3.63, 3.8) is 0 Å². The predicted molar refractivity (Wildman–Crippen MR) is 129 cm³/mol. The molecule has 0 spiro atoms. The standard InChI is InChI=1S/C27H34N2O4/c1-6-27(4,5)22-10-11-24-23(13-22)29(25(30)17-32-24)16-20-8-7-9-21(12-20)26(31)28-14-18(2)33-19(3)15-28/h7-13,18-19H,6,14-17H2,1-5H3. The third-order valence-corrected chi connectivity index (χ3v) is 6.79. The second kappa shape index (κ2) is 9.18. The Hall–Kier alpha value is -2.86. The Bertz CT molecular complexity index is 1040. The van der Waals surface area contributed by atoms with E-state index < -0.39 is 0 Å². The van der Waals surface area contributed by atoms with E-state index in [1.54, 1.807) is 4.90 Å². The fourth-order valence-electron chi connectivity index (χ4n) is 4.51. The summed E-state index contributed by atoms with van der Waals surface area (Å²) in [6.07, 6.45) is 1.03. The highest BCUT2D eigenvalue weighted by molar-refractivity contribution is 5.98. The molecule has 2 atom stereocenters. The number of benzene rings is 2. The summed E-state index contributed by atoms with van der Waals surface area (Å²) < 4.78 is 11.5. The number of anilines is 1. The zero-order valence-electron chi connectivity index (χ0n) is 20.3. The van der Waals surface area contributed by atoms with Crippen molar-refractivity contribution in [3.05, 3.63) is 59.2 Å². The molecule has 2 aliphatic heterocycles. The van der Waals surface area contributed by atoms with Gasteiger partial charge in [-0.25, -0.2) is 0 Å². The van der Waals surface area contributed by atoms with Gasteiger partial charge in [-0.1, -0.05) is 39.0 Å². The van der Waals surface area contributed by atoms with E-state index in [0.717, 1.165) is 17.7 Å². The molecule has 0 radical (unpaired) electrons. The first-order chi connectivity index (χ1) is 15.7. The third kappa shape index (κ3) is 4.91. The number of ether oxygens (including phenoxy) is 2. The lowest BCUT2D eigenvalue weighted by Gasteiger charge is -2.35. The van der Waals surface area contributed by atoms with E-state index >= 15 is 0 Å². The molecule has 2 unspecified atom stereocenters. The normalized spacial score (nSPS) is 20.9. The summed E-state index contributed by atoms with van der Waals surface area (Å²) in [4.78, 5) is 29.6. The Morgan fingerprint density at radius 3 is 2.52 bits per heavy atom. The topological polar surface area (TPSA) is 59.1 Å². The maximum Gasteiger partial charge on any atom is 0.265 e. The fourth-order valence-corrected chi connectivity index (χ4v) is 4.51. The molecule has 6 heteroatoms. The van der Waals surface area contributed by atoms with Gasteiger partial charge in [-0.2, -0.15) is 0 Å². The van der Waals surface area contributed by atoms with Crippen LogP contribution in [0, 0.1) is 0 Å². The number of morpholine rings is 1. The van der Waals surface area contributed by atoms with Crippen molar-refractivity contribution in [1.29, 1.82) is 0 Å². The number of hydrogen-bond donors (Lipinski definition) is 0. The van der Waals surface area contributed by atoms with Crippen molar-refractivity contribution in [2.75, 3.05) is 24.6 Å². The van der Waals surface area contributed by atoms with E-state index in [-0.39, 0.29) is 36.0 Å². The SMILES string of the molecule is CCC(C)(C)c1ccc2c(c1)N(Cc1cccc(C(=O)N3CC(C)OC(C)C3)c1)C(=O)CO2. The van der Waals surface area contributed by atoms with E-state index in [9.17, 15) is 9.59 Å². The Labute approximate surface area is 196 Å². The average molecular weight is 451 g/mol. The number of rotatable bonds is 5. The van der Waals surface area contributed by atoms with Gasteiger partial charge in [-0.3, -0.25) is 9.59 Å². The van der Waals surface area contributed by atoms with Crippen molar-refractivity contribution >= 4 is 17.5 Å². The summed E-state index contributed by atoms with van der Waals surface area (Å²) in [5.41, 5.74) is 3.51. The number of nitrogens with zero attached hydrogens (tertiary/aromatic N) is 2. The third-order valence-electron chi connectivity index (χ3n) is 6.79. The van der Waals surface area contributed by atoms with Gasteiger partial charge in [0.2, 0.25) is 0 Å². The first-order valence-electron chi connectivity index (χ1n) is 11.8. The number of hydrogen-bond acceptors (Lipinski definition) is 4. The molecule has 2 aromatic rings. The maximum atomic E-state index is 13.2. The van der Waals surface area contributed by atoms with Gasteiger partial charge in [0.1, 0.15) is 5.75 Å². The number of carbonyl (C=O) groups is 2. The van der Waals surface area contributed by atoms with Crippen LogP contribution >= 0.6 is 0 Å². The van der Waals surface area contributed by atoms with Crippen LogP contribution in [-0.2, 0) is 21.5 Å². The van der Waals surface area contributed by atoms with E-state index in [4.69, 9.17) is 9.47 Å². The van der Waals surface area contributed by atoms with Crippen molar-refractivity contribution in [2.45, 2.75) is 65.2 Å². The molecule has 4 rings (SSSR count). The number of fused-ring (bicyclic) bond motifs is 1. The predicted octanol–water partition coefficient (Wildman–Crippen LogP) is 4.55. The van der Waals surface area contributed by atoms with Gasteiger partial charge in [0.25, 0.3) is 11.8 Å². The molecule has 0 saturated carbocycles. The summed E-state index contributed by atoms with van der Waals surface area (Å²) >= 11 is 0. The highest BCUT2D eigenvalue weighted by Crippen LogP contribution is 2.38. The molecule has 2 heterocycles. The Morgan fingerprint density at radius 2 is 1.82 bits per heavy atom. The first kappa shape index (κ1) is 23.3. The molecule has 1 fully saturated rings. The van der Waals surface area contributed by atoms with Crippen LogP contribution in [0.4, 0.5) is 5.69 Å². The lowest BCUT2D eigenvalue weighted by Crippen LogP contribution is -2.48. The van der Waals surface area contributed by atoms with E-state index in [0.29, 0.717) is 30.9 Å². The summed E-state index contributed by atoms with van der Waals surface area (Å²) in [6, 6.07) is 13.7. The molecular formula is C27H34N2O4. The monoisotopic (exact) mass is 450 g/mol. The Kier molecular flexibility index (Phi) is 6.48. The van der Waals surface area contributed by atoms with Gasteiger partial charge in [0.05, 0.1) is 24.4 Å². The summed E-state index contributed by atoms with van der Waals surface area (Å²) in [7, 11) is 0. The van der Waals surface area contributed by atoms with Gasteiger partial charge in [0.15, 0.2) is 6.61 Å². The highest BCUT2D eigenvalue weighted by atomic mass is 16.5. The first-order valence-corrected chi connectivity index (χ1v) is 11.8. The van der Waals surface area contributed by atoms with Crippen LogP contribution in [0.1, 0.15) is 62.5 Å². The van der Waals surface area contributed by atoms with Gasteiger partial charge in [-0.05, 0) is 61.1 Å². The lowest BCUT2D eigenvalue weighted by atomic mass is 9.82. The molecule has 2 amide bonds. The fraction of sp³-hybridized carbons (Fsp3) is 0.481. The van der Waals surface area contributed by atoms with Crippen molar-refractivity contribution < 1.29 is 19.1 Å². The molecule has 1 saturated heterocycles. The van der Waals surface area contributed by atoms with Gasteiger partial charge in [-0.15, -0.1) is 0 Å². The van der Waals surface area contributed by atoms with Crippen LogP contribution in [0.15, 0.2) is 42.5 Å². The van der Waals surface area contributed by atoms with Gasteiger partial charge in [0, 0.05) is 18.7 Å². The zero-order chi connectivity index (χ0) is 23.8. The quantitative estimate of drug-likeness (QED) is 0.671. The summed E-state index contributed by atoms with van der Waals surface area (Å²) in [5.74, 6) is 0.634. The molecule has 176 valence electrons. The number of amides is 2. The molecule has 0 bridgehead atoms. The van der Waals surface area contributed by atoms with Crippen molar-refractivity contribution in [3.8, 4) is 5.75 Å². The van der Waals surface area contributed by atoms with Crippen LogP contribution in [0.2, 0.25) is 0 Å². The van der Waals surface area contributed by atoms with Crippen LogP contribution < -0.4 is 9.64 Å². The summed E-state index contributed by atoms with van der Waals surface area (Å²) in [5, 5.41) is 0. The van der Waals surface area contributed by atoms with Crippen LogP contribution in [-0.4, -0.2) is 48.6 Å². The van der Waals surface area contributed by atoms with Crippen LogP contribution in [0.25, 0.3) is 0 Å². The molecule has 6 nitrogen and oxygen atoms in total. The Balaban J connectivity index is 1.59. The smallest absolute Gasteiger partial charge is 0.265 e. The second-order valence-corrected chi connectivity index (χ2v) is 9.86. The van der Waals surface area contributed by atoms with Crippen LogP contribution in [0.5, 0.6) is 5.75 Å². The van der Waals surface area contributed by atoms with E-state index in [2.05, 4.69) is 32.9 Å². The van der Waals surface area contributed by atoms with E-state index in [1.807, 2.05) is 49.1 Å². The molecule has 0 N–H and O–H groups in total. The molecule has 2 aromatic carbocycles. The van der Waals surface area contributed by atoms with E-state index in [1.165, 1.54) is 5.56 Å². The molecule has 0 aromatic heterocycles. The summed E-state index contributed by atoms with van der Waals surface area (Å²) in [6.45, 7) is 12.1. The molecular weight excluding hydrogens is 416 g/mol.